The molecule has 7 heteroatoms. The first-order valence-corrected chi connectivity index (χ1v) is 6.58. The molecule has 100 valence electrons. The van der Waals surface area contributed by atoms with Crippen LogP contribution in [-0.4, -0.2) is 9.52 Å². The average Bonchev–Trinajstić information content (AvgIpc) is 2.39. The van der Waals surface area contributed by atoms with E-state index >= 15 is 0 Å². The molecule has 0 aliphatic rings. The Morgan fingerprint density at radius 3 is 1.26 bits per heavy atom. The molecule has 0 bridgehead atoms. The fourth-order valence-corrected chi connectivity index (χ4v) is 3.11. The van der Waals surface area contributed by atoms with Crippen molar-refractivity contribution in [3.63, 3.8) is 0 Å². The monoisotopic (exact) mass is 292 g/mol. The lowest BCUT2D eigenvalue weighted by Crippen LogP contribution is -2.33. The van der Waals surface area contributed by atoms with Gasteiger partial charge in [-0.15, -0.1) is 0 Å². The van der Waals surface area contributed by atoms with Crippen molar-refractivity contribution in [1.29, 1.82) is 0 Å². The summed E-state index contributed by atoms with van der Waals surface area (Å²) in [6, 6.07) is 3.36. The Balaban J connectivity index is 2.43. The summed E-state index contributed by atoms with van der Waals surface area (Å²) >= 11 is 0. The topological polar surface area (TPSA) is 0 Å². The second-order valence-corrected chi connectivity index (χ2v) is 5.72. The standard InChI is InChI=1S/C12H6F6Si/c13-5-1-3-7(11(17)9(5)15)19-8-4-2-6(14)10(16)12(8)18/h1-4H,19H2. The highest BCUT2D eigenvalue weighted by Gasteiger charge is 2.18. The molecule has 0 fully saturated rings. The minimum absolute atomic E-state index is 0.219. The van der Waals surface area contributed by atoms with E-state index in [4.69, 9.17) is 0 Å². The molecule has 19 heavy (non-hydrogen) atoms. The van der Waals surface area contributed by atoms with Gasteiger partial charge in [0.15, 0.2) is 34.9 Å². The van der Waals surface area contributed by atoms with Crippen molar-refractivity contribution in [3.05, 3.63) is 59.2 Å². The summed E-state index contributed by atoms with van der Waals surface area (Å²) in [6.07, 6.45) is 0. The molecule has 2 rings (SSSR count). The van der Waals surface area contributed by atoms with Crippen LogP contribution >= 0.6 is 0 Å². The molecule has 0 nitrogen and oxygen atoms in total. The van der Waals surface area contributed by atoms with E-state index in [1.807, 2.05) is 0 Å². The minimum atomic E-state index is -1.93. The maximum Gasteiger partial charge on any atom is 0.194 e. The molecule has 0 spiro atoms. The van der Waals surface area contributed by atoms with E-state index < -0.39 is 44.4 Å². The molecule has 0 aliphatic heterocycles. The van der Waals surface area contributed by atoms with Crippen LogP contribution in [0.4, 0.5) is 26.3 Å². The van der Waals surface area contributed by atoms with Crippen LogP contribution in [0.2, 0.25) is 0 Å². The third-order valence-electron chi connectivity index (χ3n) is 2.61. The van der Waals surface area contributed by atoms with Gasteiger partial charge in [0.05, 0.1) is 9.52 Å². The van der Waals surface area contributed by atoms with Crippen LogP contribution in [0.15, 0.2) is 24.3 Å². The molecule has 2 aromatic rings. The normalized spacial score (nSPS) is 10.8. The van der Waals surface area contributed by atoms with E-state index in [-0.39, 0.29) is 10.4 Å². The minimum Gasteiger partial charge on any atom is -0.204 e. The molecular weight excluding hydrogens is 286 g/mol. The van der Waals surface area contributed by atoms with E-state index in [0.717, 1.165) is 12.1 Å². The van der Waals surface area contributed by atoms with Crippen molar-refractivity contribution in [3.8, 4) is 0 Å². The molecule has 0 radical (unpaired) electrons. The Bertz CT molecular complexity index is 585. The first-order chi connectivity index (χ1) is 8.91. The fourth-order valence-electron chi connectivity index (χ4n) is 1.61. The van der Waals surface area contributed by atoms with Gasteiger partial charge in [0.2, 0.25) is 0 Å². The molecule has 0 N–H and O–H groups in total. The van der Waals surface area contributed by atoms with Gasteiger partial charge >= 0.3 is 0 Å². The molecule has 0 saturated heterocycles. The molecular formula is C12H6F6Si. The van der Waals surface area contributed by atoms with E-state index in [1.165, 1.54) is 0 Å². The van der Waals surface area contributed by atoms with Gasteiger partial charge in [-0.25, -0.2) is 26.3 Å². The van der Waals surface area contributed by atoms with Crippen molar-refractivity contribution < 1.29 is 26.3 Å². The molecule has 2 aromatic carbocycles. The second-order valence-electron chi connectivity index (χ2n) is 3.85. The summed E-state index contributed by atoms with van der Waals surface area (Å²) in [5.41, 5.74) is 0. The van der Waals surface area contributed by atoms with Crippen molar-refractivity contribution in [2.24, 2.45) is 0 Å². The third kappa shape index (κ3) is 2.51. The predicted octanol–water partition coefficient (Wildman–Crippen LogP) is 1.64. The number of hydrogen-bond acceptors (Lipinski definition) is 0. The van der Waals surface area contributed by atoms with Gasteiger partial charge in [-0.2, -0.15) is 0 Å². The van der Waals surface area contributed by atoms with E-state index in [2.05, 4.69) is 0 Å². The molecule has 0 unspecified atom stereocenters. The number of rotatable bonds is 2. The highest BCUT2D eigenvalue weighted by Crippen LogP contribution is 2.09. The van der Waals surface area contributed by atoms with Gasteiger partial charge in [-0.1, -0.05) is 12.1 Å². The van der Waals surface area contributed by atoms with Crippen molar-refractivity contribution >= 4 is 19.9 Å². The summed E-state index contributed by atoms with van der Waals surface area (Å²) < 4.78 is 78.2. The molecule has 0 atom stereocenters. The van der Waals surface area contributed by atoms with E-state index in [0.29, 0.717) is 12.1 Å². The summed E-state index contributed by atoms with van der Waals surface area (Å²) in [7, 11) is -1.93. The Labute approximate surface area is 106 Å². The Hall–Kier alpha value is -1.76. The summed E-state index contributed by atoms with van der Waals surface area (Å²) in [5.74, 6) is -8.88. The van der Waals surface area contributed by atoms with Gasteiger partial charge in [-0.3, -0.25) is 0 Å². The molecule has 0 amide bonds. The lowest BCUT2D eigenvalue weighted by molar-refractivity contribution is 0.450. The van der Waals surface area contributed by atoms with Crippen LogP contribution in [0.3, 0.4) is 0 Å². The Morgan fingerprint density at radius 2 is 0.895 bits per heavy atom. The van der Waals surface area contributed by atoms with Crippen molar-refractivity contribution in [2.75, 3.05) is 0 Å². The zero-order valence-corrected chi connectivity index (χ0v) is 10.7. The fraction of sp³-hybridized carbons (Fsp3) is 0. The van der Waals surface area contributed by atoms with Crippen LogP contribution in [-0.2, 0) is 0 Å². The maximum atomic E-state index is 13.4. The van der Waals surface area contributed by atoms with Gasteiger partial charge in [0.1, 0.15) is 0 Å². The summed E-state index contributed by atoms with van der Waals surface area (Å²) in [6.45, 7) is 0. The van der Waals surface area contributed by atoms with E-state index in [1.54, 1.807) is 0 Å². The van der Waals surface area contributed by atoms with Crippen molar-refractivity contribution in [2.45, 2.75) is 0 Å². The third-order valence-corrected chi connectivity index (χ3v) is 4.47. The Kier molecular flexibility index (Phi) is 3.65. The lowest BCUT2D eigenvalue weighted by Gasteiger charge is -2.06. The number of hydrogen-bond donors (Lipinski definition) is 0. The first kappa shape index (κ1) is 13.7. The van der Waals surface area contributed by atoms with Crippen LogP contribution in [0.25, 0.3) is 0 Å². The van der Waals surface area contributed by atoms with Crippen LogP contribution < -0.4 is 10.4 Å². The quantitative estimate of drug-likeness (QED) is 0.448. The Morgan fingerprint density at radius 1 is 0.526 bits per heavy atom. The van der Waals surface area contributed by atoms with Crippen molar-refractivity contribution in [1.82, 2.24) is 0 Å². The SMILES string of the molecule is Fc1ccc([SiH2]c2ccc(F)c(F)c2F)c(F)c1F. The summed E-state index contributed by atoms with van der Waals surface area (Å²) in [4.78, 5) is 0. The number of halogens is 6. The molecule has 0 saturated carbocycles. The molecule has 0 heterocycles. The zero-order valence-electron chi connectivity index (χ0n) is 9.28. The van der Waals surface area contributed by atoms with Gasteiger partial charge in [0.25, 0.3) is 0 Å². The highest BCUT2D eigenvalue weighted by molar-refractivity contribution is 6.67. The lowest BCUT2D eigenvalue weighted by atomic mass is 10.3. The van der Waals surface area contributed by atoms with Crippen LogP contribution in [0, 0.1) is 34.9 Å². The van der Waals surface area contributed by atoms with Gasteiger partial charge in [-0.05, 0) is 22.5 Å². The van der Waals surface area contributed by atoms with Crippen LogP contribution in [0.1, 0.15) is 0 Å². The average molecular weight is 292 g/mol. The van der Waals surface area contributed by atoms with E-state index in [9.17, 15) is 26.3 Å². The number of benzene rings is 2. The maximum absolute atomic E-state index is 13.4. The first-order valence-electron chi connectivity index (χ1n) is 5.16. The van der Waals surface area contributed by atoms with Gasteiger partial charge < -0.3 is 0 Å². The van der Waals surface area contributed by atoms with Crippen LogP contribution in [0.5, 0.6) is 0 Å². The largest absolute Gasteiger partial charge is 0.204 e. The summed E-state index contributed by atoms with van der Waals surface area (Å²) in [5, 5.41) is -0.437. The smallest absolute Gasteiger partial charge is 0.194 e. The molecule has 0 aromatic heterocycles. The zero-order chi connectivity index (χ0) is 14.2. The van der Waals surface area contributed by atoms with Gasteiger partial charge in [0, 0.05) is 0 Å². The second kappa shape index (κ2) is 5.08. The highest BCUT2D eigenvalue weighted by atomic mass is 28.2. The molecule has 0 aliphatic carbocycles. The predicted molar refractivity (Wildman–Crippen MR) is 60.4 cm³/mol.